The Bertz CT molecular complexity index is 489. The van der Waals surface area contributed by atoms with Crippen molar-refractivity contribution in [1.82, 2.24) is 5.32 Å². The van der Waals surface area contributed by atoms with E-state index in [1.165, 1.54) is 0 Å². The first-order valence-corrected chi connectivity index (χ1v) is 7.47. The standard InChI is InChI=1S/C14H20BrClN2O2/c1-8(18-13(19)20-14(2,3)4)12(17)9-5-6-10(15)11(16)7-9/h5-8,12H,17H2,1-4H3,(H,18,19). The highest BCUT2D eigenvalue weighted by Crippen LogP contribution is 2.26. The molecule has 6 heteroatoms. The highest BCUT2D eigenvalue weighted by Gasteiger charge is 2.21. The van der Waals surface area contributed by atoms with E-state index in [1.807, 2.05) is 39.8 Å². The summed E-state index contributed by atoms with van der Waals surface area (Å²) in [6, 6.07) is 4.84. The molecule has 1 rings (SSSR count). The number of amides is 1. The van der Waals surface area contributed by atoms with Crippen LogP contribution in [-0.4, -0.2) is 17.7 Å². The molecule has 0 aliphatic rings. The number of ether oxygens (including phenoxy) is 1. The highest BCUT2D eigenvalue weighted by molar-refractivity contribution is 9.10. The lowest BCUT2D eigenvalue weighted by Crippen LogP contribution is -2.43. The predicted octanol–water partition coefficient (Wildman–Crippen LogP) is 4.02. The van der Waals surface area contributed by atoms with E-state index < -0.39 is 11.7 Å². The average Bonchev–Trinajstić information content (AvgIpc) is 2.29. The van der Waals surface area contributed by atoms with Crippen LogP contribution in [0.15, 0.2) is 22.7 Å². The van der Waals surface area contributed by atoms with Crippen LogP contribution in [-0.2, 0) is 4.74 Å². The van der Waals surface area contributed by atoms with Crippen LogP contribution in [0.2, 0.25) is 5.02 Å². The number of benzene rings is 1. The van der Waals surface area contributed by atoms with Crippen LogP contribution in [0.4, 0.5) is 4.79 Å². The molecule has 0 saturated carbocycles. The van der Waals surface area contributed by atoms with Crippen LogP contribution in [0.1, 0.15) is 39.3 Å². The monoisotopic (exact) mass is 362 g/mol. The van der Waals surface area contributed by atoms with Crippen LogP contribution in [0, 0.1) is 0 Å². The Kier molecular flexibility index (Phi) is 5.86. The van der Waals surface area contributed by atoms with Gasteiger partial charge in [-0.05, 0) is 61.3 Å². The molecule has 4 nitrogen and oxygen atoms in total. The molecule has 0 heterocycles. The second kappa shape index (κ2) is 6.78. The maximum absolute atomic E-state index is 11.7. The van der Waals surface area contributed by atoms with Crippen molar-refractivity contribution in [3.8, 4) is 0 Å². The number of hydrogen-bond donors (Lipinski definition) is 2. The van der Waals surface area contributed by atoms with Crippen molar-refractivity contribution in [1.29, 1.82) is 0 Å². The minimum Gasteiger partial charge on any atom is -0.444 e. The third-order valence-corrected chi connectivity index (χ3v) is 3.84. The number of hydrogen-bond acceptors (Lipinski definition) is 3. The highest BCUT2D eigenvalue weighted by atomic mass is 79.9. The Morgan fingerprint density at radius 2 is 2.05 bits per heavy atom. The Hall–Kier alpha value is -0.780. The van der Waals surface area contributed by atoms with Gasteiger partial charge in [0, 0.05) is 16.6 Å². The van der Waals surface area contributed by atoms with Crippen LogP contribution >= 0.6 is 27.5 Å². The Labute approximate surface area is 133 Å². The molecule has 112 valence electrons. The summed E-state index contributed by atoms with van der Waals surface area (Å²) in [5.74, 6) is 0. The normalized spacial score (nSPS) is 14.6. The molecule has 0 spiro atoms. The number of nitrogens with one attached hydrogen (secondary N) is 1. The van der Waals surface area contributed by atoms with Crippen LogP contribution in [0.3, 0.4) is 0 Å². The van der Waals surface area contributed by atoms with Crippen LogP contribution in [0.25, 0.3) is 0 Å². The number of carbonyl (C=O) groups excluding carboxylic acids is 1. The van der Waals surface area contributed by atoms with Crippen molar-refractivity contribution < 1.29 is 9.53 Å². The minimum absolute atomic E-state index is 0.276. The molecule has 0 saturated heterocycles. The van der Waals surface area contributed by atoms with E-state index in [0.717, 1.165) is 10.0 Å². The molecule has 0 aromatic heterocycles. The predicted molar refractivity (Wildman–Crippen MR) is 84.9 cm³/mol. The molecule has 2 atom stereocenters. The molecule has 3 N–H and O–H groups in total. The van der Waals surface area contributed by atoms with E-state index in [1.54, 1.807) is 6.07 Å². The fourth-order valence-electron chi connectivity index (χ4n) is 1.59. The zero-order valence-electron chi connectivity index (χ0n) is 12.0. The smallest absolute Gasteiger partial charge is 0.407 e. The fraction of sp³-hybridized carbons (Fsp3) is 0.500. The van der Waals surface area contributed by atoms with E-state index in [9.17, 15) is 4.79 Å². The van der Waals surface area contributed by atoms with Gasteiger partial charge in [0.25, 0.3) is 0 Å². The number of halogens is 2. The SMILES string of the molecule is CC(NC(=O)OC(C)(C)C)C(N)c1ccc(Br)c(Cl)c1. The first kappa shape index (κ1) is 17.3. The van der Waals surface area contributed by atoms with Gasteiger partial charge in [-0.1, -0.05) is 17.7 Å². The molecule has 0 aliphatic carbocycles. The van der Waals surface area contributed by atoms with Crippen molar-refractivity contribution in [2.75, 3.05) is 0 Å². The van der Waals surface area contributed by atoms with Gasteiger partial charge >= 0.3 is 6.09 Å². The van der Waals surface area contributed by atoms with Gasteiger partial charge in [-0.2, -0.15) is 0 Å². The number of alkyl carbamates (subject to hydrolysis) is 1. The van der Waals surface area contributed by atoms with Crippen LogP contribution in [0.5, 0.6) is 0 Å². The van der Waals surface area contributed by atoms with Gasteiger partial charge in [0.15, 0.2) is 0 Å². The van der Waals surface area contributed by atoms with E-state index in [0.29, 0.717) is 5.02 Å². The van der Waals surface area contributed by atoms with Gasteiger partial charge in [0.1, 0.15) is 5.60 Å². The topological polar surface area (TPSA) is 64.3 Å². The zero-order valence-corrected chi connectivity index (χ0v) is 14.4. The summed E-state index contributed by atoms with van der Waals surface area (Å²) in [4.78, 5) is 11.7. The summed E-state index contributed by atoms with van der Waals surface area (Å²) in [5.41, 5.74) is 6.44. The maximum atomic E-state index is 11.7. The Balaban J connectivity index is 2.69. The van der Waals surface area contributed by atoms with E-state index >= 15 is 0 Å². The third kappa shape index (κ3) is 5.31. The first-order valence-electron chi connectivity index (χ1n) is 6.30. The maximum Gasteiger partial charge on any atom is 0.407 e. The lowest BCUT2D eigenvalue weighted by Gasteiger charge is -2.25. The zero-order chi connectivity index (χ0) is 15.5. The first-order chi connectivity index (χ1) is 9.10. The molecule has 0 aliphatic heterocycles. The lowest BCUT2D eigenvalue weighted by atomic mass is 10.0. The molecule has 20 heavy (non-hydrogen) atoms. The fourth-order valence-corrected chi connectivity index (χ4v) is 2.03. The van der Waals surface area contributed by atoms with Gasteiger partial charge < -0.3 is 15.8 Å². The van der Waals surface area contributed by atoms with Crippen molar-refractivity contribution in [2.24, 2.45) is 5.73 Å². The molecular weight excluding hydrogens is 344 g/mol. The van der Waals surface area contributed by atoms with Gasteiger partial charge in [0.2, 0.25) is 0 Å². The lowest BCUT2D eigenvalue weighted by molar-refractivity contribution is 0.0501. The molecule has 0 bridgehead atoms. The second-order valence-electron chi connectivity index (χ2n) is 5.63. The number of nitrogens with two attached hydrogens (primary N) is 1. The second-order valence-corrected chi connectivity index (χ2v) is 6.90. The van der Waals surface area contributed by atoms with E-state index in [-0.39, 0.29) is 12.1 Å². The van der Waals surface area contributed by atoms with Crippen molar-refractivity contribution in [3.05, 3.63) is 33.3 Å². The molecule has 1 aromatic rings. The summed E-state index contributed by atoms with van der Waals surface area (Å²) < 4.78 is 6.01. The van der Waals surface area contributed by atoms with Gasteiger partial charge in [-0.25, -0.2) is 4.79 Å². The van der Waals surface area contributed by atoms with Crippen molar-refractivity contribution in [2.45, 2.75) is 45.4 Å². The van der Waals surface area contributed by atoms with Crippen LogP contribution < -0.4 is 11.1 Å². The van der Waals surface area contributed by atoms with E-state index in [4.69, 9.17) is 22.1 Å². The molecule has 2 unspecified atom stereocenters. The molecule has 1 aromatic carbocycles. The van der Waals surface area contributed by atoms with Gasteiger partial charge in [-0.15, -0.1) is 0 Å². The molecule has 0 radical (unpaired) electrons. The summed E-state index contributed by atoms with van der Waals surface area (Å²) in [6.45, 7) is 7.26. The molecular formula is C14H20BrClN2O2. The van der Waals surface area contributed by atoms with Crippen molar-refractivity contribution in [3.63, 3.8) is 0 Å². The molecule has 1 amide bonds. The number of rotatable bonds is 3. The largest absolute Gasteiger partial charge is 0.444 e. The summed E-state index contributed by atoms with van der Waals surface area (Å²) in [6.07, 6.45) is -0.483. The molecule has 0 fully saturated rings. The summed E-state index contributed by atoms with van der Waals surface area (Å²) in [5, 5.41) is 3.31. The number of carbonyl (C=O) groups is 1. The minimum atomic E-state index is -0.533. The van der Waals surface area contributed by atoms with E-state index in [2.05, 4.69) is 21.2 Å². The Morgan fingerprint density at radius 1 is 1.45 bits per heavy atom. The average molecular weight is 364 g/mol. The Morgan fingerprint density at radius 3 is 2.55 bits per heavy atom. The third-order valence-electron chi connectivity index (χ3n) is 2.61. The summed E-state index contributed by atoms with van der Waals surface area (Å²) >= 11 is 9.37. The summed E-state index contributed by atoms with van der Waals surface area (Å²) in [7, 11) is 0. The van der Waals surface area contributed by atoms with Gasteiger partial charge in [-0.3, -0.25) is 0 Å². The quantitative estimate of drug-likeness (QED) is 0.852. The van der Waals surface area contributed by atoms with Crippen molar-refractivity contribution >= 4 is 33.6 Å². The van der Waals surface area contributed by atoms with Gasteiger partial charge in [0.05, 0.1) is 5.02 Å².